The summed E-state index contributed by atoms with van der Waals surface area (Å²) in [5.74, 6) is 0. The molecule has 0 aromatic carbocycles. The summed E-state index contributed by atoms with van der Waals surface area (Å²) in [4.78, 5) is 0. The molecule has 126 valence electrons. The molecule has 0 aliphatic heterocycles. The first-order valence-corrected chi connectivity index (χ1v) is 8.10. The highest BCUT2D eigenvalue weighted by molar-refractivity contribution is 4.57. The molecule has 0 amide bonds. The molecule has 0 rings (SSSR count). The zero-order valence-corrected chi connectivity index (χ0v) is 13.8. The van der Waals surface area contributed by atoms with E-state index in [-0.39, 0.29) is 18.4 Å². The molecule has 0 saturated carbocycles. The lowest BCUT2D eigenvalue weighted by molar-refractivity contribution is 0.147. The van der Waals surface area contributed by atoms with Crippen LogP contribution in [0.5, 0.6) is 0 Å². The fraction of sp³-hybridized carbons (Fsp3) is 1.00. The van der Waals surface area contributed by atoms with Crippen LogP contribution >= 0.6 is 0 Å². The summed E-state index contributed by atoms with van der Waals surface area (Å²) in [6.45, 7) is 2.56. The Kier molecular flexibility index (Phi) is 26.3. The van der Waals surface area contributed by atoms with E-state index in [0.29, 0.717) is 6.61 Å². The van der Waals surface area contributed by atoms with Gasteiger partial charge in [0, 0.05) is 6.61 Å². The first kappa shape index (κ1) is 24.8. The standard InChI is InChI=1S/C16H34O2.2H3N/c1-2-3-4-10-13-16(18)14-11-8-6-5-7-9-12-15-17;;/h16-18H,2-15H2,1H3;2*1H3. The molecule has 0 heterocycles. The van der Waals surface area contributed by atoms with Crippen molar-refractivity contribution in [2.24, 2.45) is 0 Å². The van der Waals surface area contributed by atoms with Gasteiger partial charge in [-0.1, -0.05) is 71.1 Å². The molecule has 0 aliphatic carbocycles. The Morgan fingerprint density at radius 2 is 1.05 bits per heavy atom. The van der Waals surface area contributed by atoms with Gasteiger partial charge in [0.25, 0.3) is 0 Å². The second-order valence-corrected chi connectivity index (χ2v) is 5.49. The summed E-state index contributed by atoms with van der Waals surface area (Å²) in [7, 11) is 0. The molecular formula is C16H40N2O2. The van der Waals surface area contributed by atoms with E-state index in [1.807, 2.05) is 0 Å². The maximum atomic E-state index is 9.79. The van der Waals surface area contributed by atoms with Gasteiger partial charge in [0.15, 0.2) is 0 Å². The monoisotopic (exact) mass is 292 g/mol. The summed E-state index contributed by atoms with van der Waals surface area (Å²) in [6, 6.07) is 0. The van der Waals surface area contributed by atoms with Gasteiger partial charge in [-0.3, -0.25) is 0 Å². The van der Waals surface area contributed by atoms with E-state index in [2.05, 4.69) is 6.92 Å². The van der Waals surface area contributed by atoms with Crippen molar-refractivity contribution < 1.29 is 10.2 Å². The quantitative estimate of drug-likeness (QED) is 0.346. The van der Waals surface area contributed by atoms with Crippen molar-refractivity contribution in [3.63, 3.8) is 0 Å². The van der Waals surface area contributed by atoms with Crippen molar-refractivity contribution >= 4 is 0 Å². The van der Waals surface area contributed by atoms with Crippen LogP contribution in [0.3, 0.4) is 0 Å². The van der Waals surface area contributed by atoms with Crippen LogP contribution in [-0.2, 0) is 0 Å². The minimum atomic E-state index is -0.0590. The lowest BCUT2D eigenvalue weighted by Crippen LogP contribution is -2.05. The predicted molar refractivity (Wildman–Crippen MR) is 88.8 cm³/mol. The maximum absolute atomic E-state index is 9.79. The van der Waals surface area contributed by atoms with Crippen molar-refractivity contribution in [3.05, 3.63) is 0 Å². The molecule has 8 N–H and O–H groups in total. The van der Waals surface area contributed by atoms with E-state index in [4.69, 9.17) is 5.11 Å². The molecule has 0 saturated heterocycles. The molecule has 1 unspecified atom stereocenters. The fourth-order valence-electron chi connectivity index (χ4n) is 2.33. The van der Waals surface area contributed by atoms with Gasteiger partial charge in [0.1, 0.15) is 0 Å². The minimum Gasteiger partial charge on any atom is -0.396 e. The molecule has 4 heteroatoms. The Hall–Kier alpha value is -0.160. The molecule has 20 heavy (non-hydrogen) atoms. The average Bonchev–Trinajstić information content (AvgIpc) is 2.38. The van der Waals surface area contributed by atoms with Gasteiger partial charge in [-0.05, 0) is 19.3 Å². The zero-order valence-electron chi connectivity index (χ0n) is 13.8. The van der Waals surface area contributed by atoms with Gasteiger partial charge in [0.05, 0.1) is 6.10 Å². The molecule has 0 aliphatic rings. The molecule has 1 atom stereocenters. The van der Waals surface area contributed by atoms with Crippen LogP contribution in [0.2, 0.25) is 0 Å². The third-order valence-electron chi connectivity index (χ3n) is 3.59. The molecule has 0 aromatic heterocycles. The van der Waals surface area contributed by atoms with Crippen LogP contribution < -0.4 is 12.3 Å². The average molecular weight is 293 g/mol. The molecule has 0 spiro atoms. The number of hydrogen-bond donors (Lipinski definition) is 4. The molecular weight excluding hydrogens is 252 g/mol. The third-order valence-corrected chi connectivity index (χ3v) is 3.59. The molecule has 0 aromatic rings. The maximum Gasteiger partial charge on any atom is 0.0540 e. The van der Waals surface area contributed by atoms with Crippen LogP contribution in [0.15, 0.2) is 0 Å². The summed E-state index contributed by atoms with van der Waals surface area (Å²) in [6.07, 6.45) is 15.3. The van der Waals surface area contributed by atoms with Crippen LogP contribution in [0.1, 0.15) is 90.4 Å². The van der Waals surface area contributed by atoms with Crippen molar-refractivity contribution in [2.75, 3.05) is 6.61 Å². The van der Waals surface area contributed by atoms with Crippen molar-refractivity contribution in [1.82, 2.24) is 12.3 Å². The topological polar surface area (TPSA) is 110 Å². The van der Waals surface area contributed by atoms with Crippen molar-refractivity contribution in [1.29, 1.82) is 0 Å². The number of rotatable bonds is 14. The van der Waals surface area contributed by atoms with Crippen molar-refractivity contribution in [3.8, 4) is 0 Å². The molecule has 0 fully saturated rings. The summed E-state index contributed by atoms with van der Waals surface area (Å²) in [5, 5.41) is 18.4. The second kappa shape index (κ2) is 21.1. The first-order valence-electron chi connectivity index (χ1n) is 8.10. The normalized spacial score (nSPS) is 11.6. The Morgan fingerprint density at radius 3 is 1.50 bits per heavy atom. The van der Waals surface area contributed by atoms with Crippen molar-refractivity contribution in [2.45, 2.75) is 96.5 Å². The fourth-order valence-corrected chi connectivity index (χ4v) is 2.33. The highest BCUT2D eigenvalue weighted by Crippen LogP contribution is 2.13. The Morgan fingerprint density at radius 1 is 0.650 bits per heavy atom. The molecule has 4 nitrogen and oxygen atoms in total. The molecule has 0 bridgehead atoms. The number of unbranched alkanes of at least 4 members (excludes halogenated alkanes) is 9. The van der Waals surface area contributed by atoms with Gasteiger partial charge < -0.3 is 22.5 Å². The number of aliphatic hydroxyl groups is 2. The predicted octanol–water partition coefficient (Wildman–Crippen LogP) is 4.75. The van der Waals surface area contributed by atoms with Gasteiger partial charge >= 0.3 is 0 Å². The van der Waals surface area contributed by atoms with E-state index in [0.717, 1.165) is 25.7 Å². The highest BCUT2D eigenvalue weighted by Gasteiger charge is 2.03. The second-order valence-electron chi connectivity index (χ2n) is 5.49. The van der Waals surface area contributed by atoms with Gasteiger partial charge in [-0.2, -0.15) is 0 Å². The van der Waals surface area contributed by atoms with E-state index in [1.54, 1.807) is 0 Å². The summed E-state index contributed by atoms with van der Waals surface area (Å²) in [5.41, 5.74) is 0. The lowest BCUT2D eigenvalue weighted by atomic mass is 10.0. The summed E-state index contributed by atoms with van der Waals surface area (Å²) >= 11 is 0. The van der Waals surface area contributed by atoms with E-state index < -0.39 is 0 Å². The van der Waals surface area contributed by atoms with E-state index in [1.165, 1.54) is 57.8 Å². The van der Waals surface area contributed by atoms with Crippen LogP contribution in [0.25, 0.3) is 0 Å². The van der Waals surface area contributed by atoms with Gasteiger partial charge in [0.2, 0.25) is 0 Å². The van der Waals surface area contributed by atoms with Gasteiger partial charge in [-0.15, -0.1) is 0 Å². The van der Waals surface area contributed by atoms with Crippen LogP contribution in [0, 0.1) is 0 Å². The van der Waals surface area contributed by atoms with E-state index >= 15 is 0 Å². The largest absolute Gasteiger partial charge is 0.396 e. The lowest BCUT2D eigenvalue weighted by Gasteiger charge is -2.10. The zero-order chi connectivity index (χ0) is 13.5. The Bertz CT molecular complexity index is 157. The SMILES string of the molecule is CCCCCCC(O)CCCCCCCCCO.N.N. The smallest absolute Gasteiger partial charge is 0.0540 e. The minimum absolute atomic E-state index is 0. The Labute approximate surface area is 126 Å². The van der Waals surface area contributed by atoms with Crippen LogP contribution in [0.4, 0.5) is 0 Å². The summed E-state index contributed by atoms with van der Waals surface area (Å²) < 4.78 is 0. The number of hydrogen-bond acceptors (Lipinski definition) is 4. The molecule has 0 radical (unpaired) electrons. The van der Waals surface area contributed by atoms with Gasteiger partial charge in [-0.25, -0.2) is 0 Å². The number of aliphatic hydroxyl groups excluding tert-OH is 2. The highest BCUT2D eigenvalue weighted by atomic mass is 16.3. The van der Waals surface area contributed by atoms with E-state index in [9.17, 15) is 5.11 Å². The Balaban J connectivity index is -0.00000144. The first-order chi connectivity index (χ1) is 8.81. The third kappa shape index (κ3) is 20.2. The van der Waals surface area contributed by atoms with Crippen LogP contribution in [-0.4, -0.2) is 22.9 Å².